The highest BCUT2D eigenvalue weighted by Crippen LogP contribution is 2.18. The van der Waals surface area contributed by atoms with Crippen LogP contribution in [0.25, 0.3) is 0 Å². The summed E-state index contributed by atoms with van der Waals surface area (Å²) in [6, 6.07) is 6.13. The zero-order valence-electron chi connectivity index (χ0n) is 11.8. The molecule has 1 heterocycles. The summed E-state index contributed by atoms with van der Waals surface area (Å²) in [4.78, 5) is 13.8. The Morgan fingerprint density at radius 1 is 1.40 bits per heavy atom. The number of halogens is 1. The fourth-order valence-corrected chi connectivity index (χ4v) is 2.47. The van der Waals surface area contributed by atoms with E-state index in [0.717, 1.165) is 32.5 Å². The van der Waals surface area contributed by atoms with Gasteiger partial charge in [0.1, 0.15) is 0 Å². The van der Waals surface area contributed by atoms with Gasteiger partial charge in [0.25, 0.3) is 5.91 Å². The lowest BCUT2D eigenvalue weighted by Crippen LogP contribution is -2.42. The molecule has 0 saturated carbocycles. The van der Waals surface area contributed by atoms with E-state index >= 15 is 0 Å². The van der Waals surface area contributed by atoms with Gasteiger partial charge in [-0.15, -0.1) is 0 Å². The molecule has 1 saturated heterocycles. The molecule has 4 nitrogen and oxygen atoms in total. The van der Waals surface area contributed by atoms with Crippen molar-refractivity contribution < 1.29 is 13.9 Å². The van der Waals surface area contributed by atoms with E-state index in [2.05, 4.69) is 5.32 Å². The normalized spacial score (nSPS) is 16.2. The van der Waals surface area contributed by atoms with Gasteiger partial charge in [0.05, 0.1) is 0 Å². The minimum atomic E-state index is -0.437. The molecule has 20 heavy (non-hydrogen) atoms. The Kier molecular flexibility index (Phi) is 5.35. The number of amides is 1. The van der Waals surface area contributed by atoms with Gasteiger partial charge in [-0.1, -0.05) is 12.1 Å². The average Bonchev–Trinajstić information content (AvgIpc) is 2.47. The van der Waals surface area contributed by atoms with Crippen LogP contribution in [0.4, 0.5) is 4.39 Å². The van der Waals surface area contributed by atoms with Gasteiger partial charge in [0.2, 0.25) is 0 Å². The first-order chi connectivity index (χ1) is 9.70. The lowest BCUT2D eigenvalue weighted by Gasteiger charge is -2.31. The molecule has 1 aliphatic rings. The topological polar surface area (TPSA) is 41.6 Å². The van der Waals surface area contributed by atoms with Crippen molar-refractivity contribution in [2.24, 2.45) is 5.92 Å². The zero-order chi connectivity index (χ0) is 14.4. The molecule has 110 valence electrons. The Bertz CT molecular complexity index is 445. The number of piperidine rings is 1. The van der Waals surface area contributed by atoms with E-state index in [1.807, 2.05) is 7.05 Å². The summed E-state index contributed by atoms with van der Waals surface area (Å²) in [5, 5.41) is 3.16. The van der Waals surface area contributed by atoms with E-state index in [-0.39, 0.29) is 18.3 Å². The van der Waals surface area contributed by atoms with E-state index in [9.17, 15) is 9.18 Å². The number of para-hydroxylation sites is 1. The Morgan fingerprint density at radius 2 is 2.10 bits per heavy atom. The van der Waals surface area contributed by atoms with Crippen LogP contribution in [0.1, 0.15) is 12.8 Å². The van der Waals surface area contributed by atoms with Crippen molar-refractivity contribution in [3.05, 3.63) is 30.1 Å². The van der Waals surface area contributed by atoms with Gasteiger partial charge in [0.15, 0.2) is 18.2 Å². The Morgan fingerprint density at radius 3 is 2.75 bits per heavy atom. The van der Waals surface area contributed by atoms with Crippen LogP contribution < -0.4 is 10.1 Å². The third-order valence-corrected chi connectivity index (χ3v) is 3.65. The number of nitrogens with one attached hydrogen (secondary N) is 1. The monoisotopic (exact) mass is 280 g/mol. The van der Waals surface area contributed by atoms with E-state index in [1.165, 1.54) is 12.1 Å². The molecule has 0 bridgehead atoms. The van der Waals surface area contributed by atoms with E-state index in [4.69, 9.17) is 4.74 Å². The number of ether oxygens (including phenoxy) is 1. The second-order valence-electron chi connectivity index (χ2n) is 5.10. The van der Waals surface area contributed by atoms with Crippen LogP contribution in [0, 0.1) is 11.7 Å². The van der Waals surface area contributed by atoms with Crippen molar-refractivity contribution in [1.82, 2.24) is 10.2 Å². The molecular formula is C15H21FN2O2. The Balaban J connectivity index is 1.77. The molecule has 1 aliphatic heterocycles. The first-order valence-electron chi connectivity index (χ1n) is 7.00. The van der Waals surface area contributed by atoms with E-state index < -0.39 is 5.82 Å². The van der Waals surface area contributed by atoms with Crippen molar-refractivity contribution in [3.63, 3.8) is 0 Å². The van der Waals surface area contributed by atoms with Crippen molar-refractivity contribution in [2.75, 3.05) is 33.3 Å². The number of carbonyl (C=O) groups excluding carboxylic acids is 1. The Labute approximate surface area is 118 Å². The molecule has 0 atom stereocenters. The lowest BCUT2D eigenvalue weighted by molar-refractivity contribution is -0.134. The molecule has 5 heteroatoms. The van der Waals surface area contributed by atoms with Crippen LogP contribution in [-0.4, -0.2) is 44.1 Å². The molecule has 1 N–H and O–H groups in total. The van der Waals surface area contributed by atoms with Gasteiger partial charge in [-0.3, -0.25) is 4.79 Å². The highest BCUT2D eigenvalue weighted by Gasteiger charge is 2.22. The van der Waals surface area contributed by atoms with Crippen molar-refractivity contribution >= 4 is 5.91 Å². The second-order valence-corrected chi connectivity index (χ2v) is 5.10. The van der Waals surface area contributed by atoms with Crippen LogP contribution in [-0.2, 0) is 4.79 Å². The number of rotatable bonds is 5. The summed E-state index contributed by atoms with van der Waals surface area (Å²) in [7, 11) is 1.94. The summed E-state index contributed by atoms with van der Waals surface area (Å²) < 4.78 is 18.6. The summed E-state index contributed by atoms with van der Waals surface area (Å²) >= 11 is 0. The van der Waals surface area contributed by atoms with E-state index in [1.54, 1.807) is 17.0 Å². The molecule has 0 unspecified atom stereocenters. The van der Waals surface area contributed by atoms with Gasteiger partial charge >= 0.3 is 0 Å². The lowest BCUT2D eigenvalue weighted by atomic mass is 9.97. The SMILES string of the molecule is CNCC1CCN(C(=O)COc2ccccc2F)CC1. The molecule has 1 fully saturated rings. The highest BCUT2D eigenvalue weighted by atomic mass is 19.1. The fraction of sp³-hybridized carbons (Fsp3) is 0.533. The van der Waals surface area contributed by atoms with Crippen LogP contribution in [0.2, 0.25) is 0 Å². The minimum Gasteiger partial charge on any atom is -0.481 e. The molecule has 2 rings (SSSR count). The van der Waals surface area contributed by atoms with Crippen molar-refractivity contribution in [3.8, 4) is 5.75 Å². The molecule has 0 radical (unpaired) electrons. The van der Waals surface area contributed by atoms with Gasteiger partial charge in [-0.05, 0) is 44.5 Å². The highest BCUT2D eigenvalue weighted by molar-refractivity contribution is 5.77. The fourth-order valence-electron chi connectivity index (χ4n) is 2.47. The largest absolute Gasteiger partial charge is 0.481 e. The number of carbonyl (C=O) groups is 1. The number of likely N-dealkylation sites (tertiary alicyclic amines) is 1. The smallest absolute Gasteiger partial charge is 0.260 e. The number of hydrogen-bond donors (Lipinski definition) is 1. The molecule has 1 aromatic rings. The summed E-state index contributed by atoms with van der Waals surface area (Å²) in [6.45, 7) is 2.41. The quantitative estimate of drug-likeness (QED) is 0.892. The summed E-state index contributed by atoms with van der Waals surface area (Å²) in [6.07, 6.45) is 2.01. The van der Waals surface area contributed by atoms with Crippen LogP contribution >= 0.6 is 0 Å². The van der Waals surface area contributed by atoms with Crippen LogP contribution in [0.5, 0.6) is 5.75 Å². The Hall–Kier alpha value is -1.62. The van der Waals surface area contributed by atoms with Gasteiger partial charge < -0.3 is 15.0 Å². The first kappa shape index (κ1) is 14.8. The minimum absolute atomic E-state index is 0.0730. The molecule has 1 amide bonds. The average molecular weight is 280 g/mol. The predicted octanol–water partition coefficient (Wildman–Crippen LogP) is 1.66. The second kappa shape index (κ2) is 7.24. The molecule has 0 spiro atoms. The van der Waals surface area contributed by atoms with E-state index in [0.29, 0.717) is 5.92 Å². The first-order valence-corrected chi connectivity index (χ1v) is 7.00. The zero-order valence-corrected chi connectivity index (χ0v) is 11.8. The molecule has 1 aromatic carbocycles. The number of benzene rings is 1. The summed E-state index contributed by atoms with van der Waals surface area (Å²) in [5.74, 6) is 0.256. The maximum atomic E-state index is 13.4. The third-order valence-electron chi connectivity index (χ3n) is 3.65. The molecule has 0 aliphatic carbocycles. The van der Waals surface area contributed by atoms with Gasteiger partial charge in [0, 0.05) is 13.1 Å². The standard InChI is InChI=1S/C15H21FN2O2/c1-17-10-12-6-8-18(9-7-12)15(19)11-20-14-5-3-2-4-13(14)16/h2-5,12,17H,6-11H2,1H3. The summed E-state index contributed by atoms with van der Waals surface area (Å²) in [5.41, 5.74) is 0. The third kappa shape index (κ3) is 3.93. The maximum Gasteiger partial charge on any atom is 0.260 e. The van der Waals surface area contributed by atoms with Crippen LogP contribution in [0.3, 0.4) is 0 Å². The van der Waals surface area contributed by atoms with Crippen molar-refractivity contribution in [1.29, 1.82) is 0 Å². The van der Waals surface area contributed by atoms with Gasteiger partial charge in [-0.2, -0.15) is 0 Å². The number of hydrogen-bond acceptors (Lipinski definition) is 3. The van der Waals surface area contributed by atoms with Crippen LogP contribution in [0.15, 0.2) is 24.3 Å². The maximum absolute atomic E-state index is 13.4. The predicted molar refractivity (Wildman–Crippen MR) is 75.1 cm³/mol. The van der Waals surface area contributed by atoms with Gasteiger partial charge in [-0.25, -0.2) is 4.39 Å². The molecular weight excluding hydrogens is 259 g/mol. The molecule has 0 aromatic heterocycles. The van der Waals surface area contributed by atoms with Crippen molar-refractivity contribution in [2.45, 2.75) is 12.8 Å². The number of nitrogens with zero attached hydrogens (tertiary/aromatic N) is 1.